The molecular formula is C28H29F5. The van der Waals surface area contributed by atoms with E-state index in [2.05, 4.69) is 18.8 Å². The van der Waals surface area contributed by atoms with E-state index in [1.807, 2.05) is 12.2 Å². The number of benzene rings is 2. The van der Waals surface area contributed by atoms with E-state index >= 15 is 0 Å². The number of hydrogen-bond donors (Lipinski definition) is 0. The maximum absolute atomic E-state index is 14.6. The van der Waals surface area contributed by atoms with Crippen LogP contribution in [0.5, 0.6) is 0 Å². The Labute approximate surface area is 192 Å². The van der Waals surface area contributed by atoms with Crippen molar-refractivity contribution in [3.63, 3.8) is 0 Å². The molecule has 2 aromatic carbocycles. The van der Waals surface area contributed by atoms with E-state index in [1.54, 1.807) is 6.07 Å². The summed E-state index contributed by atoms with van der Waals surface area (Å²) in [6, 6.07) is 7.35. The molecule has 0 radical (unpaired) electrons. The zero-order chi connectivity index (χ0) is 23.8. The summed E-state index contributed by atoms with van der Waals surface area (Å²) in [5.74, 6) is -0.816. The van der Waals surface area contributed by atoms with Crippen molar-refractivity contribution in [3.8, 4) is 11.8 Å². The Kier molecular flexibility index (Phi) is 8.72. The molecule has 33 heavy (non-hydrogen) atoms. The SMILES string of the molecule is CCCCCC/C=C/c1ccc(C#Cc2ccc(C3CCC(F)(F)CC3)c(F)c2F)c(F)c1. The lowest BCUT2D eigenvalue weighted by molar-refractivity contribution is -0.0384. The standard InChI is InChI=1S/C28H29F5/c1-2-3-4-5-6-7-8-20-9-10-22(25(29)19-20)11-12-23-13-14-24(27(31)26(23)30)21-15-17-28(32,33)18-16-21/h7-10,13-14,19,21H,2-6,15-18H2,1H3/b8-7+. The number of allylic oxidation sites excluding steroid dienone is 1. The Bertz CT molecular complexity index is 1030. The van der Waals surface area contributed by atoms with Crippen molar-refractivity contribution in [2.24, 2.45) is 0 Å². The minimum absolute atomic E-state index is 0.0912. The van der Waals surface area contributed by atoms with Gasteiger partial charge >= 0.3 is 0 Å². The van der Waals surface area contributed by atoms with Crippen molar-refractivity contribution in [1.29, 1.82) is 0 Å². The van der Waals surface area contributed by atoms with E-state index in [0.717, 1.165) is 12.8 Å². The second-order valence-electron chi connectivity index (χ2n) is 8.70. The monoisotopic (exact) mass is 460 g/mol. The minimum Gasteiger partial charge on any atom is -0.207 e. The minimum atomic E-state index is -2.74. The zero-order valence-corrected chi connectivity index (χ0v) is 18.9. The molecule has 1 aliphatic rings. The Hall–Kier alpha value is -2.61. The van der Waals surface area contributed by atoms with Gasteiger partial charge in [-0.2, -0.15) is 0 Å². The van der Waals surface area contributed by atoms with Gasteiger partial charge in [0.2, 0.25) is 5.92 Å². The molecule has 0 nitrogen and oxygen atoms in total. The molecule has 2 aromatic rings. The van der Waals surface area contributed by atoms with Gasteiger partial charge in [0.15, 0.2) is 11.6 Å². The van der Waals surface area contributed by atoms with Crippen LogP contribution in [0, 0.1) is 29.3 Å². The van der Waals surface area contributed by atoms with Gasteiger partial charge in [0, 0.05) is 12.8 Å². The van der Waals surface area contributed by atoms with Gasteiger partial charge in [-0.1, -0.05) is 62.3 Å². The second kappa shape index (κ2) is 11.5. The Morgan fingerprint density at radius 3 is 2.30 bits per heavy atom. The van der Waals surface area contributed by atoms with Crippen LogP contribution < -0.4 is 0 Å². The molecule has 1 fully saturated rings. The molecular weight excluding hydrogens is 431 g/mol. The predicted molar refractivity (Wildman–Crippen MR) is 123 cm³/mol. The van der Waals surface area contributed by atoms with Gasteiger partial charge in [0.05, 0.1) is 11.1 Å². The first-order valence-corrected chi connectivity index (χ1v) is 11.6. The molecule has 5 heteroatoms. The van der Waals surface area contributed by atoms with Crippen LogP contribution in [0.4, 0.5) is 22.0 Å². The van der Waals surface area contributed by atoms with Crippen molar-refractivity contribution in [3.05, 3.63) is 76.1 Å². The first-order valence-electron chi connectivity index (χ1n) is 11.6. The summed E-state index contributed by atoms with van der Waals surface area (Å²) in [6.07, 6.45) is 9.05. The van der Waals surface area contributed by atoms with Crippen molar-refractivity contribution < 1.29 is 22.0 Å². The summed E-state index contributed by atoms with van der Waals surface area (Å²) in [6.45, 7) is 2.16. The fourth-order valence-corrected chi connectivity index (χ4v) is 4.11. The largest absolute Gasteiger partial charge is 0.248 e. The fourth-order valence-electron chi connectivity index (χ4n) is 4.11. The van der Waals surface area contributed by atoms with Crippen LogP contribution in [0.1, 0.15) is 92.9 Å². The van der Waals surface area contributed by atoms with E-state index in [9.17, 15) is 22.0 Å². The lowest BCUT2D eigenvalue weighted by atomic mass is 9.82. The van der Waals surface area contributed by atoms with E-state index < -0.39 is 29.3 Å². The summed E-state index contributed by atoms with van der Waals surface area (Å²) in [5.41, 5.74) is 0.722. The predicted octanol–water partition coefficient (Wildman–Crippen LogP) is 8.78. The number of halogens is 5. The van der Waals surface area contributed by atoms with Gasteiger partial charge in [-0.3, -0.25) is 0 Å². The molecule has 176 valence electrons. The molecule has 0 bridgehead atoms. The summed E-state index contributed by atoms with van der Waals surface area (Å²) in [5, 5.41) is 0. The van der Waals surface area contributed by atoms with Gasteiger partial charge in [-0.05, 0) is 60.9 Å². The molecule has 0 aromatic heterocycles. The lowest BCUT2D eigenvalue weighted by Crippen LogP contribution is -2.24. The van der Waals surface area contributed by atoms with Crippen LogP contribution >= 0.6 is 0 Å². The number of rotatable bonds is 7. The van der Waals surface area contributed by atoms with Gasteiger partial charge in [-0.25, -0.2) is 22.0 Å². The van der Waals surface area contributed by atoms with Gasteiger partial charge < -0.3 is 0 Å². The topological polar surface area (TPSA) is 0 Å². The second-order valence-corrected chi connectivity index (χ2v) is 8.70. The van der Waals surface area contributed by atoms with E-state index in [1.165, 1.54) is 43.5 Å². The Balaban J connectivity index is 1.68. The van der Waals surface area contributed by atoms with E-state index in [4.69, 9.17) is 0 Å². The fraction of sp³-hybridized carbons (Fsp3) is 0.429. The molecule has 0 atom stereocenters. The molecule has 1 aliphatic carbocycles. The first kappa shape index (κ1) is 25.0. The van der Waals surface area contributed by atoms with E-state index in [0.29, 0.717) is 5.56 Å². The smallest absolute Gasteiger partial charge is 0.207 e. The molecule has 0 unspecified atom stereocenters. The first-order chi connectivity index (χ1) is 15.8. The molecule has 0 spiro atoms. The average molecular weight is 461 g/mol. The highest BCUT2D eigenvalue weighted by atomic mass is 19.3. The molecule has 0 N–H and O–H groups in total. The molecule has 0 aliphatic heterocycles. The number of hydrogen-bond acceptors (Lipinski definition) is 0. The highest BCUT2D eigenvalue weighted by Gasteiger charge is 2.36. The van der Waals surface area contributed by atoms with Crippen molar-refractivity contribution in [2.45, 2.75) is 76.6 Å². The van der Waals surface area contributed by atoms with Crippen molar-refractivity contribution >= 4 is 6.08 Å². The summed E-state index contributed by atoms with van der Waals surface area (Å²) >= 11 is 0. The molecule has 0 heterocycles. The molecule has 0 saturated heterocycles. The lowest BCUT2D eigenvalue weighted by Gasteiger charge is -2.28. The summed E-state index contributed by atoms with van der Waals surface area (Å²) < 4.78 is 70.3. The highest BCUT2D eigenvalue weighted by Crippen LogP contribution is 2.41. The third-order valence-corrected chi connectivity index (χ3v) is 6.13. The summed E-state index contributed by atoms with van der Waals surface area (Å²) in [4.78, 5) is 0. The van der Waals surface area contributed by atoms with Crippen molar-refractivity contribution in [1.82, 2.24) is 0 Å². The Morgan fingerprint density at radius 1 is 0.909 bits per heavy atom. The third kappa shape index (κ3) is 6.93. The van der Waals surface area contributed by atoms with Crippen LogP contribution in [-0.4, -0.2) is 5.92 Å². The highest BCUT2D eigenvalue weighted by molar-refractivity contribution is 5.53. The Morgan fingerprint density at radius 2 is 1.61 bits per heavy atom. The van der Waals surface area contributed by atoms with Crippen LogP contribution in [0.3, 0.4) is 0 Å². The molecule has 0 amide bonds. The zero-order valence-electron chi connectivity index (χ0n) is 18.9. The number of unbranched alkanes of at least 4 members (excludes halogenated alkanes) is 4. The van der Waals surface area contributed by atoms with Gasteiger partial charge in [0.25, 0.3) is 0 Å². The average Bonchev–Trinajstić information content (AvgIpc) is 2.78. The maximum Gasteiger partial charge on any atom is 0.248 e. The normalized spacial score (nSPS) is 16.1. The van der Waals surface area contributed by atoms with Gasteiger partial charge in [0.1, 0.15) is 5.82 Å². The number of alkyl halides is 2. The third-order valence-electron chi connectivity index (χ3n) is 6.13. The summed E-state index contributed by atoms with van der Waals surface area (Å²) in [7, 11) is 0. The van der Waals surface area contributed by atoms with Crippen LogP contribution in [-0.2, 0) is 0 Å². The van der Waals surface area contributed by atoms with Crippen LogP contribution in [0.2, 0.25) is 0 Å². The van der Waals surface area contributed by atoms with Crippen LogP contribution in [0.15, 0.2) is 36.4 Å². The maximum atomic E-state index is 14.6. The molecule has 3 rings (SSSR count). The van der Waals surface area contributed by atoms with Crippen LogP contribution in [0.25, 0.3) is 6.08 Å². The van der Waals surface area contributed by atoms with Gasteiger partial charge in [-0.15, -0.1) is 0 Å². The van der Waals surface area contributed by atoms with Crippen molar-refractivity contribution in [2.75, 3.05) is 0 Å². The van der Waals surface area contributed by atoms with E-state index in [-0.39, 0.29) is 42.4 Å². The quantitative estimate of drug-likeness (QED) is 0.220. The molecule has 1 saturated carbocycles.